The molecule has 0 unspecified atom stereocenters. The minimum absolute atomic E-state index is 0.763. The van der Waals surface area contributed by atoms with Crippen molar-refractivity contribution in [2.75, 3.05) is 37.1 Å². The van der Waals surface area contributed by atoms with E-state index in [0.717, 1.165) is 23.0 Å². The molecule has 0 aliphatic heterocycles. The Morgan fingerprint density at radius 1 is 0.917 bits per heavy atom. The Balaban J connectivity index is 3.16. The SMILES string of the molecule is CNc1oc(C)c(NC)c1NC. The predicted octanol–water partition coefficient (Wildman–Crippen LogP) is 1.71. The molecule has 1 rings (SSSR count). The van der Waals surface area contributed by atoms with Gasteiger partial charge in [-0.2, -0.15) is 0 Å². The van der Waals surface area contributed by atoms with Gasteiger partial charge in [-0.1, -0.05) is 0 Å². The lowest BCUT2D eigenvalue weighted by molar-refractivity contribution is 0.551. The van der Waals surface area contributed by atoms with Crippen molar-refractivity contribution in [3.63, 3.8) is 0 Å². The second kappa shape index (κ2) is 3.38. The molecule has 4 nitrogen and oxygen atoms in total. The van der Waals surface area contributed by atoms with E-state index < -0.39 is 0 Å². The molecule has 0 bridgehead atoms. The van der Waals surface area contributed by atoms with Gasteiger partial charge in [0, 0.05) is 21.1 Å². The van der Waals surface area contributed by atoms with Gasteiger partial charge < -0.3 is 20.4 Å². The molecule has 4 heteroatoms. The summed E-state index contributed by atoms with van der Waals surface area (Å²) in [5, 5.41) is 9.11. The van der Waals surface area contributed by atoms with Crippen LogP contribution in [-0.4, -0.2) is 21.1 Å². The van der Waals surface area contributed by atoms with Crippen LogP contribution in [-0.2, 0) is 0 Å². The van der Waals surface area contributed by atoms with Crippen molar-refractivity contribution in [3.05, 3.63) is 5.76 Å². The molecule has 0 saturated carbocycles. The van der Waals surface area contributed by atoms with Gasteiger partial charge in [0.1, 0.15) is 17.1 Å². The molecular weight excluding hydrogens is 154 g/mol. The van der Waals surface area contributed by atoms with E-state index >= 15 is 0 Å². The first kappa shape index (κ1) is 8.77. The van der Waals surface area contributed by atoms with E-state index in [0.29, 0.717) is 0 Å². The van der Waals surface area contributed by atoms with Crippen molar-refractivity contribution in [2.24, 2.45) is 0 Å². The number of nitrogens with one attached hydrogen (secondary N) is 3. The Bertz CT molecular complexity index is 268. The average Bonchev–Trinajstić information content (AvgIpc) is 2.40. The summed E-state index contributed by atoms with van der Waals surface area (Å²) >= 11 is 0. The summed E-state index contributed by atoms with van der Waals surface area (Å²) in [6.07, 6.45) is 0. The van der Waals surface area contributed by atoms with Crippen molar-refractivity contribution in [1.82, 2.24) is 0 Å². The number of rotatable bonds is 3. The molecular formula is C8H15N3O. The van der Waals surface area contributed by atoms with E-state index in [1.165, 1.54) is 0 Å². The largest absolute Gasteiger partial charge is 0.442 e. The van der Waals surface area contributed by atoms with Gasteiger partial charge in [0.05, 0.1) is 0 Å². The van der Waals surface area contributed by atoms with Crippen LogP contribution in [0.25, 0.3) is 0 Å². The van der Waals surface area contributed by atoms with Gasteiger partial charge in [-0.15, -0.1) is 0 Å². The molecule has 1 aromatic rings. The zero-order chi connectivity index (χ0) is 9.14. The maximum Gasteiger partial charge on any atom is 0.218 e. The van der Waals surface area contributed by atoms with E-state index in [1.54, 1.807) is 0 Å². The third-order valence-electron chi connectivity index (χ3n) is 1.81. The molecule has 0 atom stereocenters. The topological polar surface area (TPSA) is 49.2 Å². The maximum absolute atomic E-state index is 5.44. The third kappa shape index (κ3) is 1.20. The van der Waals surface area contributed by atoms with Crippen LogP contribution in [0.15, 0.2) is 4.42 Å². The van der Waals surface area contributed by atoms with E-state index in [4.69, 9.17) is 4.42 Å². The highest BCUT2D eigenvalue weighted by atomic mass is 16.4. The standard InChI is InChI=1S/C8H15N3O/c1-5-6(9-2)7(10-3)8(11-4)12-5/h9-11H,1-4H3. The third-order valence-corrected chi connectivity index (χ3v) is 1.81. The Morgan fingerprint density at radius 2 is 1.50 bits per heavy atom. The Hall–Kier alpha value is -1.32. The van der Waals surface area contributed by atoms with Gasteiger partial charge in [0.15, 0.2) is 0 Å². The van der Waals surface area contributed by atoms with Crippen LogP contribution in [0.2, 0.25) is 0 Å². The first-order chi connectivity index (χ1) is 5.74. The quantitative estimate of drug-likeness (QED) is 0.644. The van der Waals surface area contributed by atoms with Gasteiger partial charge in [-0.3, -0.25) is 0 Å². The fourth-order valence-corrected chi connectivity index (χ4v) is 1.26. The van der Waals surface area contributed by atoms with E-state index in [-0.39, 0.29) is 0 Å². The fraction of sp³-hybridized carbons (Fsp3) is 0.500. The number of anilines is 3. The van der Waals surface area contributed by atoms with Gasteiger partial charge in [0.25, 0.3) is 0 Å². The highest BCUT2D eigenvalue weighted by molar-refractivity contribution is 5.81. The van der Waals surface area contributed by atoms with E-state index in [1.807, 2.05) is 28.1 Å². The first-order valence-electron chi connectivity index (χ1n) is 3.91. The molecule has 0 spiro atoms. The summed E-state index contributed by atoms with van der Waals surface area (Å²) in [4.78, 5) is 0. The minimum Gasteiger partial charge on any atom is -0.442 e. The van der Waals surface area contributed by atoms with Crippen LogP contribution >= 0.6 is 0 Å². The van der Waals surface area contributed by atoms with Crippen molar-refractivity contribution in [1.29, 1.82) is 0 Å². The van der Waals surface area contributed by atoms with E-state index in [9.17, 15) is 0 Å². The summed E-state index contributed by atoms with van der Waals surface area (Å²) < 4.78 is 5.44. The Kier molecular flexibility index (Phi) is 2.47. The zero-order valence-electron chi connectivity index (χ0n) is 7.91. The lowest BCUT2D eigenvalue weighted by Gasteiger charge is -2.02. The molecule has 3 N–H and O–H groups in total. The van der Waals surface area contributed by atoms with Crippen LogP contribution in [0.4, 0.5) is 17.3 Å². The summed E-state index contributed by atoms with van der Waals surface area (Å²) in [7, 11) is 5.57. The lowest BCUT2D eigenvalue weighted by Crippen LogP contribution is -1.97. The number of aryl methyl sites for hydroxylation is 1. The minimum atomic E-state index is 0.763. The van der Waals surface area contributed by atoms with Crippen LogP contribution in [0, 0.1) is 6.92 Å². The van der Waals surface area contributed by atoms with Crippen LogP contribution in [0.5, 0.6) is 0 Å². The number of hydrogen-bond donors (Lipinski definition) is 3. The fourth-order valence-electron chi connectivity index (χ4n) is 1.26. The maximum atomic E-state index is 5.44. The summed E-state index contributed by atoms with van der Waals surface area (Å²) in [6, 6.07) is 0. The summed E-state index contributed by atoms with van der Waals surface area (Å²) in [6.45, 7) is 1.92. The van der Waals surface area contributed by atoms with Gasteiger partial charge in [0.2, 0.25) is 5.88 Å². The van der Waals surface area contributed by atoms with Gasteiger partial charge in [-0.25, -0.2) is 0 Å². The van der Waals surface area contributed by atoms with Crippen molar-refractivity contribution in [3.8, 4) is 0 Å². The highest BCUT2D eigenvalue weighted by Gasteiger charge is 2.13. The van der Waals surface area contributed by atoms with Crippen molar-refractivity contribution >= 4 is 17.3 Å². The van der Waals surface area contributed by atoms with Crippen molar-refractivity contribution in [2.45, 2.75) is 6.92 Å². The number of hydrogen-bond acceptors (Lipinski definition) is 4. The molecule has 0 amide bonds. The molecule has 68 valence electrons. The molecule has 0 saturated heterocycles. The molecule has 12 heavy (non-hydrogen) atoms. The number of furan rings is 1. The molecule has 0 aliphatic rings. The predicted molar refractivity (Wildman–Crippen MR) is 52.1 cm³/mol. The lowest BCUT2D eigenvalue weighted by atomic mass is 10.3. The molecule has 1 heterocycles. The zero-order valence-corrected chi connectivity index (χ0v) is 7.91. The van der Waals surface area contributed by atoms with Gasteiger partial charge >= 0.3 is 0 Å². The van der Waals surface area contributed by atoms with Crippen LogP contribution in [0.3, 0.4) is 0 Å². The van der Waals surface area contributed by atoms with E-state index in [2.05, 4.69) is 16.0 Å². The van der Waals surface area contributed by atoms with Crippen LogP contribution in [0.1, 0.15) is 5.76 Å². The Morgan fingerprint density at radius 3 is 1.92 bits per heavy atom. The highest BCUT2D eigenvalue weighted by Crippen LogP contribution is 2.35. The monoisotopic (exact) mass is 169 g/mol. The van der Waals surface area contributed by atoms with Crippen LogP contribution < -0.4 is 16.0 Å². The molecule has 0 aromatic carbocycles. The molecule has 0 radical (unpaired) electrons. The smallest absolute Gasteiger partial charge is 0.218 e. The normalized spacial score (nSPS) is 9.67. The molecule has 1 aromatic heterocycles. The molecule has 0 aliphatic carbocycles. The first-order valence-corrected chi connectivity index (χ1v) is 3.91. The summed E-state index contributed by atoms with van der Waals surface area (Å²) in [5.41, 5.74) is 1.97. The molecule has 0 fully saturated rings. The Labute approximate surface area is 72.3 Å². The van der Waals surface area contributed by atoms with Crippen molar-refractivity contribution < 1.29 is 4.42 Å². The summed E-state index contributed by atoms with van der Waals surface area (Å²) in [5.74, 6) is 1.64. The van der Waals surface area contributed by atoms with Gasteiger partial charge in [-0.05, 0) is 6.92 Å². The second-order valence-electron chi connectivity index (χ2n) is 2.49. The average molecular weight is 169 g/mol. The second-order valence-corrected chi connectivity index (χ2v) is 2.49.